The summed E-state index contributed by atoms with van der Waals surface area (Å²) >= 11 is 0. The van der Waals surface area contributed by atoms with E-state index < -0.39 is 0 Å². The van der Waals surface area contributed by atoms with Gasteiger partial charge in [0.25, 0.3) is 0 Å². The van der Waals surface area contributed by atoms with Gasteiger partial charge in [-0.25, -0.2) is 0 Å². The third-order valence-corrected chi connectivity index (χ3v) is 0.729. The fraction of sp³-hybridized carbons (Fsp3) is 0.571. The third kappa shape index (κ3) is 15.7. The van der Waals surface area contributed by atoms with Gasteiger partial charge in [0.2, 0.25) is 5.91 Å². The van der Waals surface area contributed by atoms with E-state index in [1.807, 2.05) is 6.92 Å². The Balaban J connectivity index is 0. The number of amides is 1. The molecule has 3 heteroatoms. The highest BCUT2D eigenvalue weighted by molar-refractivity contribution is 5.74. The van der Waals surface area contributed by atoms with Crippen molar-refractivity contribution in [1.82, 2.24) is 5.32 Å². The number of hydrogen-bond donors (Lipinski definition) is 2. The molecule has 0 aliphatic rings. The highest BCUT2D eigenvalue weighted by Crippen LogP contribution is 1.68. The van der Waals surface area contributed by atoms with Gasteiger partial charge in [-0.05, 0) is 0 Å². The van der Waals surface area contributed by atoms with Gasteiger partial charge < -0.3 is 10.4 Å². The van der Waals surface area contributed by atoms with Crippen LogP contribution < -0.4 is 5.32 Å². The second kappa shape index (κ2) is 11.0. The molecule has 3 nitrogen and oxygen atoms in total. The normalized spacial score (nSPS) is 7.10. The topological polar surface area (TPSA) is 49.3 Å². The number of carbonyl (C=O) groups excluding carboxylic acids is 1. The predicted octanol–water partition coefficient (Wildman–Crippen LogP) is 0.307. The molecule has 1 amide bonds. The molecule has 0 heterocycles. The largest absolute Gasteiger partial charge is 0.392 e. The Kier molecular flexibility index (Phi) is 13.1. The number of hydrogen-bond acceptors (Lipinski definition) is 2. The van der Waals surface area contributed by atoms with Gasteiger partial charge in [0, 0.05) is 13.5 Å². The number of aliphatic hydroxyl groups is 1. The average Bonchev–Trinajstić information content (AvgIpc) is 2.03. The lowest BCUT2D eigenvalue weighted by Crippen LogP contribution is -2.15. The molecule has 0 atom stereocenters. The van der Waals surface area contributed by atoms with Crippen molar-refractivity contribution in [3.63, 3.8) is 0 Å². The maximum Gasteiger partial charge on any atom is 0.219 e. The molecule has 0 aromatic rings. The molecule has 0 rings (SSSR count). The minimum absolute atomic E-state index is 0.0833. The van der Waals surface area contributed by atoms with Gasteiger partial charge in [0.1, 0.15) is 0 Å². The van der Waals surface area contributed by atoms with Crippen molar-refractivity contribution in [1.29, 1.82) is 0 Å². The van der Waals surface area contributed by atoms with Gasteiger partial charge in [-0.3, -0.25) is 4.79 Å². The zero-order chi connectivity index (χ0) is 8.41. The molecule has 0 aliphatic heterocycles. The van der Waals surface area contributed by atoms with E-state index in [1.54, 1.807) is 7.05 Å². The third-order valence-electron chi connectivity index (χ3n) is 0.729. The second-order valence-corrected chi connectivity index (χ2v) is 1.50. The second-order valence-electron chi connectivity index (χ2n) is 1.50. The summed E-state index contributed by atoms with van der Waals surface area (Å²) in [5, 5.41) is 10.2. The SMILES string of the molecule is C=CCO.CCC(=O)NC. The van der Waals surface area contributed by atoms with Crippen molar-refractivity contribution in [2.75, 3.05) is 13.7 Å². The minimum Gasteiger partial charge on any atom is -0.392 e. The predicted molar refractivity (Wildman–Crippen MR) is 41.6 cm³/mol. The molecule has 60 valence electrons. The van der Waals surface area contributed by atoms with Gasteiger partial charge in [-0.15, -0.1) is 6.58 Å². The maximum absolute atomic E-state index is 10.1. The molecule has 0 radical (unpaired) electrons. The summed E-state index contributed by atoms with van der Waals surface area (Å²) in [5.74, 6) is 0.0926. The first kappa shape index (κ1) is 11.9. The molecule has 0 aromatic heterocycles. The van der Waals surface area contributed by atoms with E-state index in [0.717, 1.165) is 0 Å². The lowest BCUT2D eigenvalue weighted by atomic mass is 10.5. The van der Waals surface area contributed by atoms with Crippen LogP contribution in [0.25, 0.3) is 0 Å². The zero-order valence-corrected chi connectivity index (χ0v) is 6.55. The van der Waals surface area contributed by atoms with E-state index in [4.69, 9.17) is 5.11 Å². The Morgan fingerprint density at radius 3 is 2.20 bits per heavy atom. The van der Waals surface area contributed by atoms with E-state index in [1.165, 1.54) is 6.08 Å². The van der Waals surface area contributed by atoms with Crippen LogP contribution in [0.15, 0.2) is 12.7 Å². The van der Waals surface area contributed by atoms with E-state index >= 15 is 0 Å². The van der Waals surface area contributed by atoms with E-state index in [0.29, 0.717) is 6.42 Å². The summed E-state index contributed by atoms with van der Waals surface area (Å²) in [6, 6.07) is 0. The van der Waals surface area contributed by atoms with Gasteiger partial charge in [-0.2, -0.15) is 0 Å². The quantitative estimate of drug-likeness (QED) is 0.549. The van der Waals surface area contributed by atoms with Gasteiger partial charge >= 0.3 is 0 Å². The maximum atomic E-state index is 10.1. The molecule has 0 bridgehead atoms. The van der Waals surface area contributed by atoms with Crippen molar-refractivity contribution in [3.8, 4) is 0 Å². The number of rotatable bonds is 2. The molecule has 0 saturated carbocycles. The summed E-state index contributed by atoms with van der Waals surface area (Å²) in [6.45, 7) is 5.13. The van der Waals surface area contributed by atoms with Gasteiger partial charge in [0.15, 0.2) is 0 Å². The fourth-order valence-corrected chi connectivity index (χ4v) is 0.177. The van der Waals surface area contributed by atoms with Crippen LogP contribution in [0.5, 0.6) is 0 Å². The smallest absolute Gasteiger partial charge is 0.219 e. The Bertz CT molecular complexity index is 85.6. The van der Waals surface area contributed by atoms with Crippen molar-refractivity contribution >= 4 is 5.91 Å². The van der Waals surface area contributed by atoms with Crippen LogP contribution in [0.4, 0.5) is 0 Å². The Morgan fingerprint density at radius 2 is 2.20 bits per heavy atom. The van der Waals surface area contributed by atoms with Crippen LogP contribution in [0.3, 0.4) is 0 Å². The van der Waals surface area contributed by atoms with Crippen molar-refractivity contribution in [2.24, 2.45) is 0 Å². The number of aliphatic hydroxyl groups excluding tert-OH is 1. The molecule has 0 spiro atoms. The lowest BCUT2D eigenvalue weighted by Gasteiger charge is -1.87. The van der Waals surface area contributed by atoms with Crippen LogP contribution in [-0.2, 0) is 4.79 Å². The summed E-state index contributed by atoms with van der Waals surface area (Å²) in [7, 11) is 1.63. The first-order valence-electron chi connectivity index (χ1n) is 3.15. The molecule has 0 saturated heterocycles. The molecule has 2 N–H and O–H groups in total. The number of nitrogens with one attached hydrogen (secondary N) is 1. The van der Waals surface area contributed by atoms with E-state index in [-0.39, 0.29) is 12.5 Å². The molecule has 0 fully saturated rings. The summed E-state index contributed by atoms with van der Waals surface area (Å²) in [5.41, 5.74) is 0. The average molecular weight is 145 g/mol. The zero-order valence-electron chi connectivity index (χ0n) is 6.55. The monoisotopic (exact) mass is 145 g/mol. The van der Waals surface area contributed by atoms with E-state index in [9.17, 15) is 4.79 Å². The van der Waals surface area contributed by atoms with E-state index in [2.05, 4.69) is 11.9 Å². The first-order valence-corrected chi connectivity index (χ1v) is 3.15. The molecule has 10 heavy (non-hydrogen) atoms. The van der Waals surface area contributed by atoms with Crippen LogP contribution in [-0.4, -0.2) is 24.7 Å². The van der Waals surface area contributed by atoms with Gasteiger partial charge in [-0.1, -0.05) is 13.0 Å². The van der Waals surface area contributed by atoms with Crippen LogP contribution in [0, 0.1) is 0 Å². The van der Waals surface area contributed by atoms with Crippen LogP contribution >= 0.6 is 0 Å². The van der Waals surface area contributed by atoms with Crippen LogP contribution in [0.2, 0.25) is 0 Å². The fourth-order valence-electron chi connectivity index (χ4n) is 0.177. The summed E-state index contributed by atoms with van der Waals surface area (Å²) in [6.07, 6.45) is 2.01. The molecule has 0 aromatic carbocycles. The summed E-state index contributed by atoms with van der Waals surface area (Å²) in [4.78, 5) is 10.1. The van der Waals surface area contributed by atoms with Crippen molar-refractivity contribution in [2.45, 2.75) is 13.3 Å². The first-order chi connectivity index (χ1) is 4.72. The summed E-state index contributed by atoms with van der Waals surface area (Å²) < 4.78 is 0. The Hall–Kier alpha value is -0.830. The highest BCUT2D eigenvalue weighted by Gasteiger charge is 1.84. The Labute approximate surface area is 61.8 Å². The van der Waals surface area contributed by atoms with Crippen molar-refractivity contribution in [3.05, 3.63) is 12.7 Å². The molecule has 0 aliphatic carbocycles. The Morgan fingerprint density at radius 1 is 1.80 bits per heavy atom. The molecule has 0 unspecified atom stereocenters. The minimum atomic E-state index is 0.0833. The lowest BCUT2D eigenvalue weighted by molar-refractivity contribution is -0.120. The molecular formula is C7H15NO2. The standard InChI is InChI=1S/C4H9NO.C3H6O/c1-3-4(6)5-2;1-2-3-4/h3H2,1-2H3,(H,5,6);2,4H,1,3H2. The van der Waals surface area contributed by atoms with Gasteiger partial charge in [0.05, 0.1) is 6.61 Å². The van der Waals surface area contributed by atoms with Crippen molar-refractivity contribution < 1.29 is 9.90 Å². The highest BCUT2D eigenvalue weighted by atomic mass is 16.2. The molecular weight excluding hydrogens is 130 g/mol. The number of carbonyl (C=O) groups is 1. The van der Waals surface area contributed by atoms with Crippen LogP contribution in [0.1, 0.15) is 13.3 Å².